The highest BCUT2D eigenvalue weighted by Crippen LogP contribution is 2.39. The molecule has 0 aromatic heterocycles. The standard InChI is InChI=1S/C16H31NS/c1-16(2,3)14-6-4-13(5-7-14)12-17-15-8-10-18-11-9-15/h13-15,17H,4-12H2,1-3H3. The van der Waals surface area contributed by atoms with Crippen molar-refractivity contribution >= 4 is 11.8 Å². The van der Waals surface area contributed by atoms with Crippen LogP contribution in [0.5, 0.6) is 0 Å². The third-order valence-electron chi connectivity index (χ3n) is 4.99. The topological polar surface area (TPSA) is 12.0 Å². The Bertz CT molecular complexity index is 232. The Morgan fingerprint density at radius 2 is 1.56 bits per heavy atom. The molecule has 2 fully saturated rings. The minimum Gasteiger partial charge on any atom is -0.314 e. The Hall–Kier alpha value is 0.310. The Labute approximate surface area is 118 Å². The summed E-state index contributed by atoms with van der Waals surface area (Å²) in [5.41, 5.74) is 0.527. The van der Waals surface area contributed by atoms with E-state index in [1.54, 1.807) is 0 Å². The highest BCUT2D eigenvalue weighted by molar-refractivity contribution is 7.99. The molecule has 1 N–H and O–H groups in total. The fourth-order valence-corrected chi connectivity index (χ4v) is 4.57. The highest BCUT2D eigenvalue weighted by Gasteiger charge is 2.29. The van der Waals surface area contributed by atoms with E-state index in [1.165, 1.54) is 56.6 Å². The maximum absolute atomic E-state index is 3.83. The normalized spacial score (nSPS) is 31.5. The number of hydrogen-bond donors (Lipinski definition) is 1. The first-order chi connectivity index (χ1) is 8.55. The van der Waals surface area contributed by atoms with Gasteiger partial charge in [-0.05, 0) is 73.8 Å². The molecule has 0 amide bonds. The summed E-state index contributed by atoms with van der Waals surface area (Å²) in [7, 11) is 0. The van der Waals surface area contributed by atoms with Crippen molar-refractivity contribution in [1.29, 1.82) is 0 Å². The van der Waals surface area contributed by atoms with E-state index < -0.39 is 0 Å². The van der Waals surface area contributed by atoms with Crippen LogP contribution in [0.3, 0.4) is 0 Å². The van der Waals surface area contributed by atoms with Crippen LogP contribution in [0.2, 0.25) is 0 Å². The zero-order valence-corrected chi connectivity index (χ0v) is 13.3. The van der Waals surface area contributed by atoms with Crippen LogP contribution in [0.1, 0.15) is 59.3 Å². The zero-order valence-electron chi connectivity index (χ0n) is 12.5. The molecule has 0 spiro atoms. The van der Waals surface area contributed by atoms with Crippen LogP contribution >= 0.6 is 11.8 Å². The molecule has 0 aromatic rings. The highest BCUT2D eigenvalue weighted by atomic mass is 32.2. The molecule has 1 saturated heterocycles. The van der Waals surface area contributed by atoms with Crippen LogP contribution in [-0.2, 0) is 0 Å². The first-order valence-electron chi connectivity index (χ1n) is 7.87. The monoisotopic (exact) mass is 269 g/mol. The fourth-order valence-electron chi connectivity index (χ4n) is 3.47. The molecule has 1 aliphatic carbocycles. The van der Waals surface area contributed by atoms with Crippen molar-refractivity contribution in [3.8, 4) is 0 Å². The van der Waals surface area contributed by atoms with Gasteiger partial charge in [-0.3, -0.25) is 0 Å². The Morgan fingerprint density at radius 3 is 2.11 bits per heavy atom. The molecule has 1 saturated carbocycles. The van der Waals surface area contributed by atoms with Gasteiger partial charge < -0.3 is 5.32 Å². The summed E-state index contributed by atoms with van der Waals surface area (Å²) >= 11 is 2.12. The van der Waals surface area contributed by atoms with E-state index >= 15 is 0 Å². The second kappa shape index (κ2) is 6.65. The maximum atomic E-state index is 3.83. The lowest BCUT2D eigenvalue weighted by Gasteiger charge is -2.37. The quantitative estimate of drug-likeness (QED) is 0.818. The van der Waals surface area contributed by atoms with E-state index in [9.17, 15) is 0 Å². The number of rotatable bonds is 3. The number of nitrogens with one attached hydrogen (secondary N) is 1. The van der Waals surface area contributed by atoms with Gasteiger partial charge in [0.25, 0.3) is 0 Å². The lowest BCUT2D eigenvalue weighted by atomic mass is 9.70. The van der Waals surface area contributed by atoms with Crippen LogP contribution in [-0.4, -0.2) is 24.1 Å². The smallest absolute Gasteiger partial charge is 0.00828 e. The molecule has 0 bridgehead atoms. The van der Waals surface area contributed by atoms with Gasteiger partial charge in [0, 0.05) is 6.04 Å². The van der Waals surface area contributed by atoms with Gasteiger partial charge >= 0.3 is 0 Å². The van der Waals surface area contributed by atoms with E-state index in [2.05, 4.69) is 37.8 Å². The summed E-state index contributed by atoms with van der Waals surface area (Å²) in [4.78, 5) is 0. The van der Waals surface area contributed by atoms with Crippen molar-refractivity contribution in [2.45, 2.75) is 65.3 Å². The summed E-state index contributed by atoms with van der Waals surface area (Å²) in [5.74, 6) is 4.65. The van der Waals surface area contributed by atoms with Gasteiger partial charge in [0.2, 0.25) is 0 Å². The van der Waals surface area contributed by atoms with E-state index in [0.717, 1.165) is 17.9 Å². The van der Waals surface area contributed by atoms with Crippen LogP contribution in [0.25, 0.3) is 0 Å². The predicted molar refractivity (Wildman–Crippen MR) is 83.3 cm³/mol. The Kier molecular flexibility index (Phi) is 5.44. The summed E-state index contributed by atoms with van der Waals surface area (Å²) < 4.78 is 0. The first kappa shape index (κ1) is 14.7. The van der Waals surface area contributed by atoms with Gasteiger partial charge in [-0.25, -0.2) is 0 Å². The first-order valence-corrected chi connectivity index (χ1v) is 9.02. The van der Waals surface area contributed by atoms with Crippen LogP contribution in [0, 0.1) is 17.3 Å². The van der Waals surface area contributed by atoms with Crippen molar-refractivity contribution < 1.29 is 0 Å². The molecule has 1 aliphatic heterocycles. The molecule has 0 aromatic carbocycles. The SMILES string of the molecule is CC(C)(C)C1CCC(CNC2CCSCC2)CC1. The molecule has 18 heavy (non-hydrogen) atoms. The molecule has 0 radical (unpaired) electrons. The molecular weight excluding hydrogens is 238 g/mol. The molecule has 2 rings (SSSR count). The van der Waals surface area contributed by atoms with Gasteiger partial charge in [-0.15, -0.1) is 0 Å². The summed E-state index contributed by atoms with van der Waals surface area (Å²) in [6.07, 6.45) is 8.60. The molecule has 1 nitrogen and oxygen atoms in total. The van der Waals surface area contributed by atoms with Gasteiger partial charge in [0.15, 0.2) is 0 Å². The average molecular weight is 269 g/mol. The van der Waals surface area contributed by atoms with Gasteiger partial charge in [-0.1, -0.05) is 20.8 Å². The minimum atomic E-state index is 0.527. The lowest BCUT2D eigenvalue weighted by Crippen LogP contribution is -2.37. The van der Waals surface area contributed by atoms with E-state index in [-0.39, 0.29) is 0 Å². The van der Waals surface area contributed by atoms with Crippen molar-refractivity contribution in [3.63, 3.8) is 0 Å². The van der Waals surface area contributed by atoms with Crippen molar-refractivity contribution in [2.24, 2.45) is 17.3 Å². The van der Waals surface area contributed by atoms with Gasteiger partial charge in [0.05, 0.1) is 0 Å². The molecule has 2 aliphatic rings. The second-order valence-corrected chi connectivity index (χ2v) is 8.60. The molecule has 106 valence electrons. The third-order valence-corrected chi connectivity index (χ3v) is 6.04. The van der Waals surface area contributed by atoms with Crippen molar-refractivity contribution in [3.05, 3.63) is 0 Å². The van der Waals surface area contributed by atoms with Crippen molar-refractivity contribution in [1.82, 2.24) is 5.32 Å². The van der Waals surface area contributed by atoms with E-state index in [0.29, 0.717) is 5.41 Å². The van der Waals surface area contributed by atoms with Crippen molar-refractivity contribution in [2.75, 3.05) is 18.1 Å². The van der Waals surface area contributed by atoms with Crippen LogP contribution in [0.15, 0.2) is 0 Å². The predicted octanol–water partition coefficient (Wildman–Crippen LogP) is 4.32. The van der Waals surface area contributed by atoms with E-state index in [1.807, 2.05) is 0 Å². The van der Waals surface area contributed by atoms with Crippen LogP contribution < -0.4 is 5.32 Å². The molecule has 2 heteroatoms. The summed E-state index contributed by atoms with van der Waals surface area (Å²) in [6.45, 7) is 8.52. The molecule has 1 heterocycles. The van der Waals surface area contributed by atoms with Crippen LogP contribution in [0.4, 0.5) is 0 Å². The van der Waals surface area contributed by atoms with Gasteiger partial charge in [-0.2, -0.15) is 11.8 Å². The number of hydrogen-bond acceptors (Lipinski definition) is 2. The largest absolute Gasteiger partial charge is 0.314 e. The number of thioether (sulfide) groups is 1. The summed E-state index contributed by atoms with van der Waals surface area (Å²) in [6, 6.07) is 0.826. The third kappa shape index (κ3) is 4.45. The second-order valence-electron chi connectivity index (χ2n) is 7.38. The Balaban J connectivity index is 1.64. The van der Waals surface area contributed by atoms with E-state index in [4.69, 9.17) is 0 Å². The minimum absolute atomic E-state index is 0.527. The summed E-state index contributed by atoms with van der Waals surface area (Å²) in [5, 5.41) is 3.83. The fraction of sp³-hybridized carbons (Fsp3) is 1.00. The molecule has 0 atom stereocenters. The zero-order chi connectivity index (χ0) is 13.0. The molecular formula is C16H31NS. The molecule has 0 unspecified atom stereocenters. The lowest BCUT2D eigenvalue weighted by molar-refractivity contribution is 0.147. The Morgan fingerprint density at radius 1 is 0.944 bits per heavy atom. The maximum Gasteiger partial charge on any atom is 0.00828 e. The average Bonchev–Trinajstić information content (AvgIpc) is 2.37. The van der Waals surface area contributed by atoms with Gasteiger partial charge in [0.1, 0.15) is 0 Å².